The first kappa shape index (κ1) is 6.94. The standard InChI is InChI=1S/C11H14/c1-2-6-10(7-3-1)11-8-4-5-9-11/h4-5,8,10H,1-3,6-7H2. The molecule has 0 radical (unpaired) electrons. The molecule has 2 aliphatic carbocycles. The molecule has 2 rings (SSSR count). The van der Waals surface area contributed by atoms with Gasteiger partial charge in [0, 0.05) is 0 Å². The number of allylic oxidation sites excluding steroid dienone is 3. The molecule has 0 aromatic rings. The Hall–Kier alpha value is -0.740. The van der Waals surface area contributed by atoms with Gasteiger partial charge in [0.15, 0.2) is 0 Å². The summed E-state index contributed by atoms with van der Waals surface area (Å²) in [5, 5.41) is 0. The lowest BCUT2D eigenvalue weighted by Gasteiger charge is -2.20. The molecule has 0 unspecified atom stereocenters. The van der Waals surface area contributed by atoms with Crippen molar-refractivity contribution < 1.29 is 0 Å². The summed E-state index contributed by atoms with van der Waals surface area (Å²) >= 11 is 0. The molecule has 0 bridgehead atoms. The van der Waals surface area contributed by atoms with Crippen molar-refractivity contribution in [3.05, 3.63) is 29.5 Å². The number of hydrogen-bond acceptors (Lipinski definition) is 0. The van der Waals surface area contributed by atoms with E-state index < -0.39 is 0 Å². The largest absolute Gasteiger partial charge is 0.117 e. The van der Waals surface area contributed by atoms with Crippen LogP contribution >= 0.6 is 0 Å². The van der Waals surface area contributed by atoms with E-state index in [1.165, 1.54) is 37.7 Å². The fourth-order valence-electron chi connectivity index (χ4n) is 2.01. The lowest BCUT2D eigenvalue weighted by atomic mass is 9.84. The molecule has 0 heterocycles. The van der Waals surface area contributed by atoms with Crippen molar-refractivity contribution >= 4 is 0 Å². The highest BCUT2D eigenvalue weighted by Gasteiger charge is 2.16. The predicted molar refractivity (Wildman–Crippen MR) is 47.3 cm³/mol. The van der Waals surface area contributed by atoms with Gasteiger partial charge in [0.2, 0.25) is 0 Å². The van der Waals surface area contributed by atoms with E-state index in [1.54, 1.807) is 0 Å². The Kier molecular flexibility index (Phi) is 1.96. The van der Waals surface area contributed by atoms with Gasteiger partial charge < -0.3 is 0 Å². The second kappa shape index (κ2) is 3.11. The molecule has 0 spiro atoms. The van der Waals surface area contributed by atoms with E-state index in [4.69, 9.17) is 0 Å². The smallest absolute Gasteiger partial charge is 0.00292 e. The average Bonchev–Trinajstić information content (AvgIpc) is 2.58. The molecule has 2 aliphatic rings. The molecule has 58 valence electrons. The third-order valence-corrected chi connectivity index (χ3v) is 2.67. The van der Waals surface area contributed by atoms with E-state index in [2.05, 4.69) is 17.9 Å². The van der Waals surface area contributed by atoms with Crippen LogP contribution in [0.15, 0.2) is 29.5 Å². The van der Waals surface area contributed by atoms with Gasteiger partial charge in [-0.2, -0.15) is 0 Å². The predicted octanol–water partition coefficient (Wildman–Crippen LogP) is 3.22. The Labute approximate surface area is 68.3 Å². The quantitative estimate of drug-likeness (QED) is 0.498. The molecule has 0 aliphatic heterocycles. The Morgan fingerprint density at radius 1 is 1.18 bits per heavy atom. The zero-order chi connectivity index (χ0) is 7.52. The van der Waals surface area contributed by atoms with Gasteiger partial charge in [0.05, 0.1) is 0 Å². The van der Waals surface area contributed by atoms with Crippen molar-refractivity contribution in [2.24, 2.45) is 5.92 Å². The van der Waals surface area contributed by atoms with Gasteiger partial charge in [-0.05, 0) is 30.4 Å². The first-order valence-corrected chi connectivity index (χ1v) is 4.60. The molecule has 0 N–H and O–H groups in total. The zero-order valence-electron chi connectivity index (χ0n) is 6.84. The molecule has 1 fully saturated rings. The summed E-state index contributed by atoms with van der Waals surface area (Å²) in [6, 6.07) is 0. The Balaban J connectivity index is 2.03. The van der Waals surface area contributed by atoms with Crippen LogP contribution in [0.4, 0.5) is 0 Å². The molecule has 0 heteroatoms. The highest BCUT2D eigenvalue weighted by atomic mass is 14.2. The van der Waals surface area contributed by atoms with E-state index >= 15 is 0 Å². The molecular formula is C11H14. The molecule has 0 aromatic carbocycles. The highest BCUT2D eigenvalue weighted by Crippen LogP contribution is 2.30. The maximum Gasteiger partial charge on any atom is -0.00292 e. The van der Waals surface area contributed by atoms with Crippen LogP contribution in [0.1, 0.15) is 32.1 Å². The van der Waals surface area contributed by atoms with Crippen molar-refractivity contribution in [2.45, 2.75) is 32.1 Å². The van der Waals surface area contributed by atoms with E-state index in [0.717, 1.165) is 5.92 Å². The monoisotopic (exact) mass is 146 g/mol. The lowest BCUT2D eigenvalue weighted by molar-refractivity contribution is 0.409. The molecular weight excluding hydrogens is 132 g/mol. The van der Waals surface area contributed by atoms with Gasteiger partial charge in [-0.15, -0.1) is 5.73 Å². The van der Waals surface area contributed by atoms with Crippen LogP contribution in [-0.4, -0.2) is 0 Å². The highest BCUT2D eigenvalue weighted by molar-refractivity contribution is 5.31. The summed E-state index contributed by atoms with van der Waals surface area (Å²) in [6.45, 7) is 0. The average molecular weight is 146 g/mol. The van der Waals surface area contributed by atoms with Gasteiger partial charge in [-0.3, -0.25) is 0 Å². The van der Waals surface area contributed by atoms with Gasteiger partial charge in [-0.25, -0.2) is 0 Å². The first-order chi connectivity index (χ1) is 5.47. The zero-order valence-corrected chi connectivity index (χ0v) is 6.84. The van der Waals surface area contributed by atoms with Crippen LogP contribution in [0.25, 0.3) is 0 Å². The SMILES string of the molecule is C1=CC=CC=1C1CCCCC1. The normalized spacial score (nSPS) is 24.2. The van der Waals surface area contributed by atoms with Crippen LogP contribution in [0.5, 0.6) is 0 Å². The number of hydrogen-bond donors (Lipinski definition) is 0. The van der Waals surface area contributed by atoms with Gasteiger partial charge in [-0.1, -0.05) is 31.4 Å². The summed E-state index contributed by atoms with van der Waals surface area (Å²) in [4.78, 5) is 0. The third-order valence-electron chi connectivity index (χ3n) is 2.67. The number of rotatable bonds is 1. The van der Waals surface area contributed by atoms with Crippen LogP contribution < -0.4 is 0 Å². The van der Waals surface area contributed by atoms with Crippen LogP contribution in [0, 0.1) is 5.92 Å². The van der Waals surface area contributed by atoms with Crippen molar-refractivity contribution in [2.75, 3.05) is 0 Å². The van der Waals surface area contributed by atoms with E-state index in [1.807, 2.05) is 6.08 Å². The maximum atomic E-state index is 3.31. The van der Waals surface area contributed by atoms with Crippen LogP contribution in [0.3, 0.4) is 0 Å². The lowest BCUT2D eigenvalue weighted by Crippen LogP contribution is -2.06. The molecule has 0 amide bonds. The summed E-state index contributed by atoms with van der Waals surface area (Å²) in [5.41, 5.74) is 4.76. The molecule has 11 heavy (non-hydrogen) atoms. The van der Waals surface area contributed by atoms with Crippen molar-refractivity contribution in [1.29, 1.82) is 0 Å². The minimum absolute atomic E-state index is 0.832. The summed E-state index contributed by atoms with van der Waals surface area (Å²) in [6.07, 6.45) is 13.4. The minimum Gasteiger partial charge on any atom is -0.117 e. The Morgan fingerprint density at radius 3 is 2.64 bits per heavy atom. The van der Waals surface area contributed by atoms with Crippen LogP contribution in [0.2, 0.25) is 0 Å². The van der Waals surface area contributed by atoms with Gasteiger partial charge >= 0.3 is 0 Å². The second-order valence-corrected chi connectivity index (χ2v) is 3.46. The van der Waals surface area contributed by atoms with E-state index in [-0.39, 0.29) is 0 Å². The molecule has 1 saturated carbocycles. The maximum absolute atomic E-state index is 3.31. The molecule has 0 atom stereocenters. The Bertz CT molecular complexity index is 220. The topological polar surface area (TPSA) is 0 Å². The van der Waals surface area contributed by atoms with E-state index in [9.17, 15) is 0 Å². The van der Waals surface area contributed by atoms with Crippen molar-refractivity contribution in [3.63, 3.8) is 0 Å². The second-order valence-electron chi connectivity index (χ2n) is 3.46. The fourth-order valence-corrected chi connectivity index (χ4v) is 2.01. The minimum atomic E-state index is 0.832. The first-order valence-electron chi connectivity index (χ1n) is 4.60. The summed E-state index contributed by atoms with van der Waals surface area (Å²) < 4.78 is 0. The summed E-state index contributed by atoms with van der Waals surface area (Å²) in [7, 11) is 0. The molecule has 0 aromatic heterocycles. The van der Waals surface area contributed by atoms with Crippen LogP contribution in [-0.2, 0) is 0 Å². The third kappa shape index (κ3) is 1.46. The van der Waals surface area contributed by atoms with Crippen molar-refractivity contribution in [3.8, 4) is 0 Å². The molecule has 0 saturated heterocycles. The van der Waals surface area contributed by atoms with Gasteiger partial charge in [0.1, 0.15) is 0 Å². The fraction of sp³-hybridized carbons (Fsp3) is 0.545. The van der Waals surface area contributed by atoms with Crippen molar-refractivity contribution in [1.82, 2.24) is 0 Å². The Morgan fingerprint density at radius 2 is 2.00 bits per heavy atom. The van der Waals surface area contributed by atoms with E-state index in [0.29, 0.717) is 0 Å². The molecule has 0 nitrogen and oxygen atoms in total. The summed E-state index contributed by atoms with van der Waals surface area (Å²) in [5.74, 6) is 0.832. The van der Waals surface area contributed by atoms with Gasteiger partial charge in [0.25, 0.3) is 0 Å².